The maximum Gasteiger partial charge on any atom is 0.325 e. The van der Waals surface area contributed by atoms with E-state index in [9.17, 15) is 9.59 Å². The second kappa shape index (κ2) is 6.27. The molecule has 5 heteroatoms. The highest BCUT2D eigenvalue weighted by Gasteiger charge is 2.42. The first-order valence-corrected chi connectivity index (χ1v) is 7.07. The number of rotatable bonds is 4. The predicted molar refractivity (Wildman–Crippen MR) is 76.6 cm³/mol. The summed E-state index contributed by atoms with van der Waals surface area (Å²) in [5.74, 6) is -0.551. The van der Waals surface area contributed by atoms with Crippen molar-refractivity contribution in [3.05, 3.63) is 34.9 Å². The van der Waals surface area contributed by atoms with Gasteiger partial charge in [-0.05, 0) is 30.5 Å². The number of amides is 1. The van der Waals surface area contributed by atoms with Gasteiger partial charge >= 0.3 is 5.97 Å². The lowest BCUT2D eigenvalue weighted by Gasteiger charge is -2.28. The lowest BCUT2D eigenvalue weighted by molar-refractivity contribution is -0.141. The summed E-state index contributed by atoms with van der Waals surface area (Å²) in [5, 5.41) is 3.33. The van der Waals surface area contributed by atoms with Crippen molar-refractivity contribution in [3.63, 3.8) is 0 Å². The van der Waals surface area contributed by atoms with Crippen molar-refractivity contribution in [2.75, 3.05) is 13.7 Å². The Morgan fingerprint density at radius 3 is 2.40 bits per heavy atom. The zero-order chi connectivity index (χ0) is 14.6. The number of carbonyl (C=O) groups excluding carboxylic acids is 2. The normalized spacial score (nSPS) is 16.7. The third kappa shape index (κ3) is 2.96. The number of methoxy groups -OCH3 is 1. The lowest BCUT2D eigenvalue weighted by atomic mass is 9.78. The van der Waals surface area contributed by atoms with Crippen LogP contribution in [0.3, 0.4) is 0 Å². The SMILES string of the molecule is COC(=O)CNC(=O)C1(c2ccc(Cl)cc2)CCCC1. The first-order chi connectivity index (χ1) is 9.58. The smallest absolute Gasteiger partial charge is 0.325 e. The number of esters is 1. The molecule has 0 aromatic heterocycles. The van der Waals surface area contributed by atoms with Crippen molar-refractivity contribution in [2.45, 2.75) is 31.1 Å². The molecule has 0 heterocycles. The summed E-state index contributed by atoms with van der Waals surface area (Å²) >= 11 is 5.90. The zero-order valence-electron chi connectivity index (χ0n) is 11.4. The van der Waals surface area contributed by atoms with Gasteiger partial charge in [0.25, 0.3) is 0 Å². The summed E-state index contributed by atoms with van der Waals surface area (Å²) in [6, 6.07) is 7.38. The maximum absolute atomic E-state index is 12.5. The van der Waals surface area contributed by atoms with Gasteiger partial charge in [0.05, 0.1) is 12.5 Å². The highest BCUT2D eigenvalue weighted by molar-refractivity contribution is 6.30. The van der Waals surface area contributed by atoms with Gasteiger partial charge in [-0.2, -0.15) is 0 Å². The van der Waals surface area contributed by atoms with Crippen LogP contribution in [0.5, 0.6) is 0 Å². The van der Waals surface area contributed by atoms with Crippen LogP contribution < -0.4 is 5.32 Å². The fraction of sp³-hybridized carbons (Fsp3) is 0.467. The zero-order valence-corrected chi connectivity index (χ0v) is 12.2. The fourth-order valence-electron chi connectivity index (χ4n) is 2.79. The van der Waals surface area contributed by atoms with Gasteiger partial charge in [0.15, 0.2) is 0 Å². The van der Waals surface area contributed by atoms with E-state index in [0.717, 1.165) is 31.2 Å². The third-order valence-electron chi connectivity index (χ3n) is 3.91. The van der Waals surface area contributed by atoms with Crippen LogP contribution in [-0.4, -0.2) is 25.5 Å². The van der Waals surface area contributed by atoms with Crippen LogP contribution >= 0.6 is 11.6 Å². The van der Waals surface area contributed by atoms with Crippen molar-refractivity contribution in [1.82, 2.24) is 5.32 Å². The average Bonchev–Trinajstić information content (AvgIpc) is 2.95. The monoisotopic (exact) mass is 295 g/mol. The largest absolute Gasteiger partial charge is 0.468 e. The molecule has 4 nitrogen and oxygen atoms in total. The topological polar surface area (TPSA) is 55.4 Å². The van der Waals surface area contributed by atoms with E-state index in [4.69, 9.17) is 11.6 Å². The molecule has 0 spiro atoms. The number of hydrogen-bond donors (Lipinski definition) is 1. The Morgan fingerprint density at radius 1 is 1.25 bits per heavy atom. The van der Waals surface area contributed by atoms with E-state index in [2.05, 4.69) is 10.1 Å². The number of ether oxygens (including phenoxy) is 1. The second-order valence-electron chi connectivity index (χ2n) is 5.05. The van der Waals surface area contributed by atoms with Crippen molar-refractivity contribution in [1.29, 1.82) is 0 Å². The van der Waals surface area contributed by atoms with Gasteiger partial charge in [0, 0.05) is 5.02 Å². The van der Waals surface area contributed by atoms with Crippen molar-refractivity contribution < 1.29 is 14.3 Å². The van der Waals surface area contributed by atoms with E-state index in [1.165, 1.54) is 7.11 Å². The van der Waals surface area contributed by atoms with Crippen LogP contribution in [0.2, 0.25) is 5.02 Å². The molecule has 2 rings (SSSR count). The Balaban J connectivity index is 2.19. The Labute approximate surface area is 123 Å². The fourth-order valence-corrected chi connectivity index (χ4v) is 2.91. The Bertz CT molecular complexity index is 492. The van der Waals surface area contributed by atoms with E-state index in [1.807, 2.05) is 12.1 Å². The molecule has 1 aromatic carbocycles. The lowest BCUT2D eigenvalue weighted by Crippen LogP contribution is -2.44. The number of benzene rings is 1. The van der Waals surface area contributed by atoms with Crippen LogP contribution in [0.25, 0.3) is 0 Å². The molecule has 0 bridgehead atoms. The maximum atomic E-state index is 12.5. The summed E-state index contributed by atoms with van der Waals surface area (Å²) < 4.78 is 4.55. The molecule has 1 saturated carbocycles. The number of nitrogens with one attached hydrogen (secondary N) is 1. The van der Waals surface area contributed by atoms with Gasteiger partial charge in [-0.1, -0.05) is 36.6 Å². The summed E-state index contributed by atoms with van der Waals surface area (Å²) in [5.41, 5.74) is 0.417. The highest BCUT2D eigenvalue weighted by Crippen LogP contribution is 2.41. The number of carbonyl (C=O) groups is 2. The van der Waals surface area contributed by atoms with E-state index in [0.29, 0.717) is 5.02 Å². The van der Waals surface area contributed by atoms with Crippen LogP contribution in [0.1, 0.15) is 31.2 Å². The van der Waals surface area contributed by atoms with Gasteiger partial charge in [-0.25, -0.2) is 0 Å². The molecular formula is C15H18ClNO3. The molecule has 1 fully saturated rings. The number of halogens is 1. The third-order valence-corrected chi connectivity index (χ3v) is 4.16. The van der Waals surface area contributed by atoms with Crippen LogP contribution in [0.15, 0.2) is 24.3 Å². The Hall–Kier alpha value is -1.55. The molecule has 20 heavy (non-hydrogen) atoms. The highest BCUT2D eigenvalue weighted by atomic mass is 35.5. The van der Waals surface area contributed by atoms with Gasteiger partial charge in [-0.15, -0.1) is 0 Å². The molecule has 0 saturated heterocycles. The summed E-state index contributed by atoms with van der Waals surface area (Å²) in [7, 11) is 1.30. The molecule has 0 radical (unpaired) electrons. The Kier molecular flexibility index (Phi) is 4.65. The minimum atomic E-state index is -0.543. The average molecular weight is 296 g/mol. The molecule has 1 N–H and O–H groups in total. The molecule has 0 atom stereocenters. The van der Waals surface area contributed by atoms with Crippen LogP contribution in [0.4, 0.5) is 0 Å². The standard InChI is InChI=1S/C15H18ClNO3/c1-20-13(18)10-17-14(19)15(8-2-3-9-15)11-4-6-12(16)7-5-11/h4-7H,2-3,8-10H2,1H3,(H,17,19). The molecule has 1 aliphatic rings. The quantitative estimate of drug-likeness (QED) is 0.868. The first kappa shape index (κ1) is 14.9. The van der Waals surface area contributed by atoms with Gasteiger partial charge in [0.2, 0.25) is 5.91 Å². The predicted octanol–water partition coefficient (Wildman–Crippen LogP) is 2.44. The van der Waals surface area contributed by atoms with E-state index in [1.54, 1.807) is 12.1 Å². The van der Waals surface area contributed by atoms with Crippen molar-refractivity contribution in [2.24, 2.45) is 0 Å². The molecule has 1 aliphatic carbocycles. The molecule has 108 valence electrons. The minimum Gasteiger partial charge on any atom is -0.468 e. The van der Waals surface area contributed by atoms with Crippen molar-refractivity contribution >= 4 is 23.5 Å². The van der Waals surface area contributed by atoms with Crippen LogP contribution in [-0.2, 0) is 19.7 Å². The molecule has 0 unspecified atom stereocenters. The van der Waals surface area contributed by atoms with E-state index in [-0.39, 0.29) is 12.5 Å². The second-order valence-corrected chi connectivity index (χ2v) is 5.49. The summed E-state index contributed by atoms with van der Waals surface area (Å²) in [6.07, 6.45) is 3.60. The summed E-state index contributed by atoms with van der Waals surface area (Å²) in [4.78, 5) is 23.7. The molecular weight excluding hydrogens is 278 g/mol. The van der Waals surface area contributed by atoms with Crippen LogP contribution in [0, 0.1) is 0 Å². The Morgan fingerprint density at radius 2 is 1.85 bits per heavy atom. The number of hydrogen-bond acceptors (Lipinski definition) is 3. The van der Waals surface area contributed by atoms with Gasteiger partial charge < -0.3 is 10.1 Å². The molecule has 0 aliphatic heterocycles. The first-order valence-electron chi connectivity index (χ1n) is 6.70. The van der Waals surface area contributed by atoms with Crippen molar-refractivity contribution in [3.8, 4) is 0 Å². The minimum absolute atomic E-state index is 0.0926. The summed E-state index contributed by atoms with van der Waals surface area (Å²) in [6.45, 7) is -0.0926. The van der Waals surface area contributed by atoms with E-state index < -0.39 is 11.4 Å². The molecule has 1 amide bonds. The van der Waals surface area contributed by atoms with Gasteiger partial charge in [-0.3, -0.25) is 9.59 Å². The van der Waals surface area contributed by atoms with Gasteiger partial charge in [0.1, 0.15) is 6.54 Å². The van der Waals surface area contributed by atoms with E-state index >= 15 is 0 Å². The molecule has 1 aromatic rings.